The van der Waals surface area contributed by atoms with Crippen molar-refractivity contribution in [3.63, 3.8) is 0 Å². The molecular formula is C12H13N3O. The van der Waals surface area contributed by atoms with E-state index in [1.54, 1.807) is 19.5 Å². The lowest BCUT2D eigenvalue weighted by Gasteiger charge is -2.09. The predicted molar refractivity (Wildman–Crippen MR) is 63.2 cm³/mol. The summed E-state index contributed by atoms with van der Waals surface area (Å²) in [5, 5.41) is 0. The lowest BCUT2D eigenvalue weighted by atomic mass is 10.1. The second-order valence-corrected chi connectivity index (χ2v) is 3.44. The molecular weight excluding hydrogens is 202 g/mol. The van der Waals surface area contributed by atoms with Crippen molar-refractivity contribution >= 4 is 5.82 Å². The fourth-order valence-corrected chi connectivity index (χ4v) is 1.57. The molecule has 0 fully saturated rings. The summed E-state index contributed by atoms with van der Waals surface area (Å²) in [6, 6.07) is 5.68. The van der Waals surface area contributed by atoms with Gasteiger partial charge in [0.15, 0.2) is 0 Å². The smallest absolute Gasteiger partial charge is 0.140 e. The first-order valence-corrected chi connectivity index (χ1v) is 4.94. The van der Waals surface area contributed by atoms with E-state index in [2.05, 4.69) is 9.97 Å². The van der Waals surface area contributed by atoms with Crippen LogP contribution in [0.1, 0.15) is 5.69 Å². The minimum Gasteiger partial charge on any atom is -0.495 e. The van der Waals surface area contributed by atoms with Gasteiger partial charge in [-0.15, -0.1) is 0 Å². The van der Waals surface area contributed by atoms with Crippen LogP contribution in [0.2, 0.25) is 0 Å². The number of nitrogens with zero attached hydrogens (tertiary/aromatic N) is 2. The molecule has 0 aliphatic heterocycles. The SMILES string of the molecule is COc1cc(-c2ccncc2)c(N)nc1C. The van der Waals surface area contributed by atoms with Crippen LogP contribution in [0.25, 0.3) is 11.1 Å². The summed E-state index contributed by atoms with van der Waals surface area (Å²) in [5.41, 5.74) is 8.53. The minimum absolute atomic E-state index is 0.504. The second kappa shape index (κ2) is 4.18. The largest absolute Gasteiger partial charge is 0.495 e. The summed E-state index contributed by atoms with van der Waals surface area (Å²) in [5.74, 6) is 1.24. The van der Waals surface area contributed by atoms with E-state index < -0.39 is 0 Å². The summed E-state index contributed by atoms with van der Waals surface area (Å²) in [6.07, 6.45) is 3.45. The topological polar surface area (TPSA) is 61.0 Å². The molecule has 16 heavy (non-hydrogen) atoms. The van der Waals surface area contributed by atoms with Gasteiger partial charge in [-0.3, -0.25) is 4.98 Å². The zero-order valence-electron chi connectivity index (χ0n) is 9.27. The molecule has 2 aromatic rings. The van der Waals surface area contributed by atoms with E-state index in [4.69, 9.17) is 10.5 Å². The highest BCUT2D eigenvalue weighted by atomic mass is 16.5. The molecule has 0 amide bonds. The van der Waals surface area contributed by atoms with Gasteiger partial charge in [0.05, 0.1) is 12.8 Å². The van der Waals surface area contributed by atoms with Gasteiger partial charge in [-0.05, 0) is 30.7 Å². The van der Waals surface area contributed by atoms with Crippen LogP contribution >= 0.6 is 0 Å². The monoisotopic (exact) mass is 215 g/mol. The number of hydrogen-bond acceptors (Lipinski definition) is 4. The highest BCUT2D eigenvalue weighted by molar-refractivity contribution is 5.75. The van der Waals surface area contributed by atoms with E-state index in [0.717, 1.165) is 22.6 Å². The van der Waals surface area contributed by atoms with Crippen LogP contribution in [0.3, 0.4) is 0 Å². The lowest BCUT2D eigenvalue weighted by molar-refractivity contribution is 0.409. The van der Waals surface area contributed by atoms with Gasteiger partial charge in [0, 0.05) is 18.0 Å². The van der Waals surface area contributed by atoms with E-state index in [1.165, 1.54) is 0 Å². The average molecular weight is 215 g/mol. The quantitative estimate of drug-likeness (QED) is 0.832. The molecule has 82 valence electrons. The van der Waals surface area contributed by atoms with Crippen LogP contribution in [-0.2, 0) is 0 Å². The van der Waals surface area contributed by atoms with Crippen LogP contribution < -0.4 is 10.5 Å². The molecule has 2 N–H and O–H groups in total. The van der Waals surface area contributed by atoms with Crippen molar-refractivity contribution in [2.75, 3.05) is 12.8 Å². The Morgan fingerprint density at radius 2 is 1.94 bits per heavy atom. The third kappa shape index (κ3) is 1.82. The number of pyridine rings is 2. The maximum Gasteiger partial charge on any atom is 0.140 e. The molecule has 2 heterocycles. The maximum atomic E-state index is 5.89. The highest BCUT2D eigenvalue weighted by Crippen LogP contribution is 2.29. The summed E-state index contributed by atoms with van der Waals surface area (Å²) >= 11 is 0. The number of aromatic nitrogens is 2. The summed E-state index contributed by atoms with van der Waals surface area (Å²) in [6.45, 7) is 1.87. The fourth-order valence-electron chi connectivity index (χ4n) is 1.57. The predicted octanol–water partition coefficient (Wildman–Crippen LogP) is 2.04. The summed E-state index contributed by atoms with van der Waals surface area (Å²) in [4.78, 5) is 8.22. The molecule has 0 saturated carbocycles. The van der Waals surface area contributed by atoms with Crippen LogP contribution in [0, 0.1) is 6.92 Å². The Morgan fingerprint density at radius 1 is 1.25 bits per heavy atom. The molecule has 0 unspecified atom stereocenters. The normalized spacial score (nSPS) is 10.1. The zero-order valence-corrected chi connectivity index (χ0v) is 9.27. The number of hydrogen-bond donors (Lipinski definition) is 1. The van der Waals surface area contributed by atoms with Gasteiger partial charge in [-0.1, -0.05) is 0 Å². The average Bonchev–Trinajstić information content (AvgIpc) is 2.30. The third-order valence-electron chi connectivity index (χ3n) is 2.41. The Balaban J connectivity index is 2.57. The number of nitrogen functional groups attached to an aromatic ring is 1. The number of methoxy groups -OCH3 is 1. The van der Waals surface area contributed by atoms with Crippen LogP contribution in [0.5, 0.6) is 5.75 Å². The molecule has 4 heteroatoms. The molecule has 4 nitrogen and oxygen atoms in total. The molecule has 0 spiro atoms. The Bertz CT molecular complexity index is 497. The number of aryl methyl sites for hydroxylation is 1. The van der Waals surface area contributed by atoms with E-state index in [1.807, 2.05) is 25.1 Å². The standard InChI is InChI=1S/C12H13N3O/c1-8-11(16-2)7-10(12(13)15-8)9-3-5-14-6-4-9/h3-7H,1-2H3,(H2,13,15). The van der Waals surface area contributed by atoms with Crippen molar-refractivity contribution in [3.05, 3.63) is 36.3 Å². The molecule has 0 radical (unpaired) electrons. The first-order valence-electron chi connectivity index (χ1n) is 4.94. The molecule has 0 saturated heterocycles. The van der Waals surface area contributed by atoms with Crippen LogP contribution in [0.15, 0.2) is 30.6 Å². The lowest BCUT2D eigenvalue weighted by Crippen LogP contribution is -1.99. The second-order valence-electron chi connectivity index (χ2n) is 3.44. The van der Waals surface area contributed by atoms with E-state index in [-0.39, 0.29) is 0 Å². The van der Waals surface area contributed by atoms with Crippen molar-refractivity contribution in [2.24, 2.45) is 0 Å². The van der Waals surface area contributed by atoms with Gasteiger partial charge in [0.1, 0.15) is 11.6 Å². The molecule has 2 aromatic heterocycles. The number of ether oxygens (including phenoxy) is 1. The van der Waals surface area contributed by atoms with Gasteiger partial charge in [-0.25, -0.2) is 4.98 Å². The maximum absolute atomic E-state index is 5.89. The molecule has 0 aliphatic rings. The minimum atomic E-state index is 0.504. The molecule has 0 aromatic carbocycles. The van der Waals surface area contributed by atoms with E-state index >= 15 is 0 Å². The Kier molecular flexibility index (Phi) is 2.72. The van der Waals surface area contributed by atoms with Crippen molar-refractivity contribution < 1.29 is 4.74 Å². The molecule has 2 rings (SSSR count). The van der Waals surface area contributed by atoms with Gasteiger partial charge < -0.3 is 10.5 Å². The third-order valence-corrected chi connectivity index (χ3v) is 2.41. The van der Waals surface area contributed by atoms with Gasteiger partial charge >= 0.3 is 0 Å². The fraction of sp³-hybridized carbons (Fsp3) is 0.167. The molecule has 0 aliphatic carbocycles. The first kappa shape index (κ1) is 10.4. The van der Waals surface area contributed by atoms with Crippen molar-refractivity contribution in [2.45, 2.75) is 6.92 Å². The Labute approximate surface area is 94.1 Å². The van der Waals surface area contributed by atoms with Gasteiger partial charge in [-0.2, -0.15) is 0 Å². The van der Waals surface area contributed by atoms with Crippen molar-refractivity contribution in [1.29, 1.82) is 0 Å². The number of nitrogens with two attached hydrogens (primary N) is 1. The summed E-state index contributed by atoms with van der Waals surface area (Å²) in [7, 11) is 1.62. The Hall–Kier alpha value is -2.10. The van der Waals surface area contributed by atoms with Crippen LogP contribution in [-0.4, -0.2) is 17.1 Å². The van der Waals surface area contributed by atoms with Gasteiger partial charge in [0.2, 0.25) is 0 Å². The first-order chi connectivity index (χ1) is 7.72. The molecule has 0 atom stereocenters. The van der Waals surface area contributed by atoms with E-state index in [9.17, 15) is 0 Å². The number of anilines is 1. The van der Waals surface area contributed by atoms with Crippen LogP contribution in [0.4, 0.5) is 5.82 Å². The van der Waals surface area contributed by atoms with Crippen molar-refractivity contribution in [3.8, 4) is 16.9 Å². The highest BCUT2D eigenvalue weighted by Gasteiger charge is 2.08. The number of rotatable bonds is 2. The van der Waals surface area contributed by atoms with Crippen molar-refractivity contribution in [1.82, 2.24) is 9.97 Å². The zero-order chi connectivity index (χ0) is 11.5. The Morgan fingerprint density at radius 3 is 2.56 bits per heavy atom. The molecule has 0 bridgehead atoms. The van der Waals surface area contributed by atoms with E-state index in [0.29, 0.717) is 5.82 Å². The van der Waals surface area contributed by atoms with Gasteiger partial charge in [0.25, 0.3) is 0 Å². The summed E-state index contributed by atoms with van der Waals surface area (Å²) < 4.78 is 5.23.